The number of fused-ring (bicyclic) bond motifs is 3. The average molecular weight is 382 g/mol. The van der Waals surface area contributed by atoms with Crippen LogP contribution in [-0.2, 0) is 19.1 Å². The van der Waals surface area contributed by atoms with Gasteiger partial charge in [0, 0.05) is 12.3 Å². The molecule has 0 amide bonds. The quantitative estimate of drug-likeness (QED) is 0.492. The Bertz CT molecular complexity index is 667. The third-order valence-corrected chi connectivity index (χ3v) is 6.86. The number of esters is 2. The molecule has 3 aliphatic rings. The summed E-state index contributed by atoms with van der Waals surface area (Å²) in [5, 5.41) is 33.4. The first-order valence-electron chi connectivity index (χ1n) is 9.64. The number of carbonyl (C=O) groups excluding carboxylic acids is 2. The number of aliphatic hydroxyl groups is 3. The van der Waals surface area contributed by atoms with E-state index >= 15 is 0 Å². The molecule has 3 rings (SSSR count). The lowest BCUT2D eigenvalue weighted by Crippen LogP contribution is -2.60. The summed E-state index contributed by atoms with van der Waals surface area (Å²) >= 11 is 0. The second-order valence-electron chi connectivity index (χ2n) is 8.89. The minimum atomic E-state index is -1.82. The van der Waals surface area contributed by atoms with Crippen molar-refractivity contribution in [1.29, 1.82) is 0 Å². The molecule has 0 aromatic heterocycles. The molecule has 9 atom stereocenters. The van der Waals surface area contributed by atoms with Crippen LogP contribution in [0.25, 0.3) is 0 Å². The van der Waals surface area contributed by atoms with Gasteiger partial charge in [0.15, 0.2) is 0 Å². The fraction of sp³-hybridized carbons (Fsp3) is 0.800. The Kier molecular flexibility index (Phi) is 4.73. The summed E-state index contributed by atoms with van der Waals surface area (Å²) < 4.78 is 11.3. The zero-order valence-corrected chi connectivity index (χ0v) is 16.5. The van der Waals surface area contributed by atoms with E-state index in [1.807, 2.05) is 6.92 Å². The van der Waals surface area contributed by atoms with Gasteiger partial charge in [0.05, 0.1) is 29.0 Å². The SMILES string of the molecule is CCC(C)C(=O)O[C@H]1C[C@@](C)(O)[C@]2(O)C=C[C@@](C)(O)[C@@H]2[C@H]2OC(=O)[C@@H](C)[C@@H]21. The molecule has 1 heterocycles. The van der Waals surface area contributed by atoms with Gasteiger partial charge >= 0.3 is 11.9 Å². The topological polar surface area (TPSA) is 113 Å². The number of carbonyl (C=O) groups is 2. The third-order valence-electron chi connectivity index (χ3n) is 6.86. The van der Waals surface area contributed by atoms with Gasteiger partial charge in [0.25, 0.3) is 0 Å². The van der Waals surface area contributed by atoms with Crippen molar-refractivity contribution in [1.82, 2.24) is 0 Å². The van der Waals surface area contributed by atoms with E-state index in [9.17, 15) is 24.9 Å². The zero-order valence-electron chi connectivity index (χ0n) is 16.5. The van der Waals surface area contributed by atoms with Gasteiger partial charge in [-0.3, -0.25) is 9.59 Å². The predicted molar refractivity (Wildman–Crippen MR) is 95.3 cm³/mol. The zero-order chi connectivity index (χ0) is 20.4. The van der Waals surface area contributed by atoms with Crippen LogP contribution in [0.2, 0.25) is 0 Å². The first-order chi connectivity index (χ1) is 12.4. The lowest BCUT2D eigenvalue weighted by Gasteiger charge is -2.44. The van der Waals surface area contributed by atoms with Crippen molar-refractivity contribution in [2.24, 2.45) is 23.7 Å². The van der Waals surface area contributed by atoms with Gasteiger partial charge in [0.1, 0.15) is 17.8 Å². The molecule has 3 N–H and O–H groups in total. The van der Waals surface area contributed by atoms with Crippen molar-refractivity contribution in [2.75, 3.05) is 0 Å². The average Bonchev–Trinajstić information content (AvgIpc) is 2.96. The monoisotopic (exact) mass is 382 g/mol. The largest absolute Gasteiger partial charge is 0.462 e. The van der Waals surface area contributed by atoms with Crippen LogP contribution < -0.4 is 0 Å². The number of hydrogen-bond donors (Lipinski definition) is 3. The van der Waals surface area contributed by atoms with Crippen LogP contribution in [0.3, 0.4) is 0 Å². The van der Waals surface area contributed by atoms with Gasteiger partial charge in [0.2, 0.25) is 0 Å². The smallest absolute Gasteiger partial charge is 0.309 e. The number of rotatable bonds is 3. The van der Waals surface area contributed by atoms with E-state index in [1.165, 1.54) is 26.0 Å². The standard InChI is InChI=1S/C20H30O7/c1-6-10(2)16(21)26-12-9-19(5,24)20(25)8-7-18(4,23)15(20)14-13(12)11(3)17(22)27-14/h7-8,10-15,23-25H,6,9H2,1-5H3/t10?,11-,12-,13+,14-,15-,18+,19+,20-/m0/s1. The molecule has 1 unspecified atom stereocenters. The van der Waals surface area contributed by atoms with Gasteiger partial charge in [-0.05, 0) is 20.3 Å². The van der Waals surface area contributed by atoms with Crippen LogP contribution in [0.5, 0.6) is 0 Å². The Labute approximate surface area is 159 Å². The molecular weight excluding hydrogens is 352 g/mol. The van der Waals surface area contributed by atoms with Crippen molar-refractivity contribution in [2.45, 2.75) is 76.5 Å². The molecule has 152 valence electrons. The third kappa shape index (κ3) is 2.91. The second kappa shape index (κ2) is 6.29. The van der Waals surface area contributed by atoms with Gasteiger partial charge in [-0.2, -0.15) is 0 Å². The molecule has 7 nitrogen and oxygen atoms in total. The summed E-state index contributed by atoms with van der Waals surface area (Å²) in [6.07, 6.45) is 1.66. The van der Waals surface area contributed by atoms with Crippen LogP contribution in [0.4, 0.5) is 0 Å². The summed E-state index contributed by atoms with van der Waals surface area (Å²) in [7, 11) is 0. The van der Waals surface area contributed by atoms with Crippen molar-refractivity contribution in [3.05, 3.63) is 12.2 Å². The maximum atomic E-state index is 12.4. The molecule has 27 heavy (non-hydrogen) atoms. The summed E-state index contributed by atoms with van der Waals surface area (Å²) in [4.78, 5) is 24.8. The highest BCUT2D eigenvalue weighted by Gasteiger charge is 2.69. The molecule has 0 bridgehead atoms. The Morgan fingerprint density at radius 2 is 1.96 bits per heavy atom. The van der Waals surface area contributed by atoms with E-state index in [4.69, 9.17) is 9.47 Å². The molecule has 2 aliphatic carbocycles. The summed E-state index contributed by atoms with van der Waals surface area (Å²) in [5.41, 5.74) is -4.99. The Morgan fingerprint density at radius 3 is 2.56 bits per heavy atom. The van der Waals surface area contributed by atoms with Gasteiger partial charge in [-0.25, -0.2) is 0 Å². The van der Waals surface area contributed by atoms with Crippen LogP contribution in [0.1, 0.15) is 47.5 Å². The molecule has 0 aromatic carbocycles. The van der Waals surface area contributed by atoms with Gasteiger partial charge < -0.3 is 24.8 Å². The van der Waals surface area contributed by atoms with Crippen molar-refractivity contribution in [3.8, 4) is 0 Å². The highest BCUT2D eigenvalue weighted by atomic mass is 16.6. The van der Waals surface area contributed by atoms with Crippen LogP contribution in [0.15, 0.2) is 12.2 Å². The molecule has 0 radical (unpaired) electrons. The normalized spacial score (nSPS) is 49.8. The first kappa shape index (κ1) is 20.3. The highest BCUT2D eigenvalue weighted by Crippen LogP contribution is 2.55. The van der Waals surface area contributed by atoms with E-state index in [0.29, 0.717) is 6.42 Å². The van der Waals surface area contributed by atoms with E-state index in [1.54, 1.807) is 13.8 Å². The van der Waals surface area contributed by atoms with Crippen molar-refractivity contribution >= 4 is 11.9 Å². The number of hydrogen-bond acceptors (Lipinski definition) is 7. The maximum Gasteiger partial charge on any atom is 0.309 e. The van der Waals surface area contributed by atoms with Crippen molar-refractivity contribution < 1.29 is 34.4 Å². The minimum Gasteiger partial charge on any atom is -0.462 e. The fourth-order valence-corrected chi connectivity index (χ4v) is 4.88. The second-order valence-corrected chi connectivity index (χ2v) is 8.89. The molecular formula is C20H30O7. The Morgan fingerprint density at radius 1 is 1.33 bits per heavy atom. The first-order valence-corrected chi connectivity index (χ1v) is 9.64. The van der Waals surface area contributed by atoms with Gasteiger partial charge in [-0.1, -0.05) is 32.9 Å². The Hall–Kier alpha value is -1.44. The lowest BCUT2D eigenvalue weighted by molar-refractivity contribution is -0.191. The van der Waals surface area contributed by atoms with E-state index in [2.05, 4.69) is 0 Å². The van der Waals surface area contributed by atoms with Crippen LogP contribution in [0, 0.1) is 23.7 Å². The van der Waals surface area contributed by atoms with Crippen molar-refractivity contribution in [3.63, 3.8) is 0 Å². The highest BCUT2D eigenvalue weighted by molar-refractivity contribution is 5.76. The minimum absolute atomic E-state index is 0.0647. The molecule has 1 aliphatic heterocycles. The predicted octanol–water partition coefficient (Wildman–Crippen LogP) is 0.945. The Balaban J connectivity index is 2.06. The fourth-order valence-electron chi connectivity index (χ4n) is 4.88. The lowest BCUT2D eigenvalue weighted by atomic mass is 9.70. The van der Waals surface area contributed by atoms with E-state index < -0.39 is 58.7 Å². The maximum absolute atomic E-state index is 12.4. The van der Waals surface area contributed by atoms with Crippen LogP contribution >= 0.6 is 0 Å². The number of ether oxygens (including phenoxy) is 2. The van der Waals surface area contributed by atoms with Gasteiger partial charge in [-0.15, -0.1) is 0 Å². The summed E-state index contributed by atoms with van der Waals surface area (Å²) in [5.74, 6) is -3.31. The molecule has 0 spiro atoms. The summed E-state index contributed by atoms with van der Waals surface area (Å²) in [6, 6.07) is 0. The molecule has 0 aromatic rings. The summed E-state index contributed by atoms with van der Waals surface area (Å²) in [6.45, 7) is 8.29. The molecule has 2 fully saturated rings. The van der Waals surface area contributed by atoms with E-state index in [-0.39, 0.29) is 12.3 Å². The van der Waals surface area contributed by atoms with Crippen LogP contribution in [-0.4, -0.2) is 56.3 Å². The molecule has 7 heteroatoms. The van der Waals surface area contributed by atoms with E-state index in [0.717, 1.165) is 0 Å². The molecule has 1 saturated carbocycles. The molecule has 1 saturated heterocycles.